The van der Waals surface area contributed by atoms with Crippen LogP contribution in [0, 0.1) is 0 Å². The van der Waals surface area contributed by atoms with E-state index in [-0.39, 0.29) is 6.61 Å². The van der Waals surface area contributed by atoms with E-state index in [1.807, 2.05) is 6.92 Å². The number of phosphoric ester groups is 1. The second kappa shape index (κ2) is 15.6. The largest absolute Gasteiger partial charge is 0.488 e. The predicted molar refractivity (Wildman–Crippen MR) is 113 cm³/mol. The van der Waals surface area contributed by atoms with Crippen LogP contribution in [0.4, 0.5) is 9.59 Å². The lowest BCUT2D eigenvalue weighted by molar-refractivity contribution is 0.110. The van der Waals surface area contributed by atoms with Crippen molar-refractivity contribution in [3.8, 4) is 5.75 Å². The molecule has 1 rings (SSSR count). The quantitative estimate of drug-likeness (QED) is 0.176. The molecule has 1 aromatic rings. The highest BCUT2D eigenvalue weighted by Crippen LogP contribution is 2.40. The van der Waals surface area contributed by atoms with Gasteiger partial charge in [0.2, 0.25) is 0 Å². The SMILES string of the molecule is CCCNC(=O)Oc1ccc(COC(=O)NCCCCCCNOP(=O)(O)OC)cc1. The third kappa shape index (κ3) is 13.7. The molecule has 0 saturated heterocycles. The zero-order valence-electron chi connectivity index (χ0n) is 17.9. The van der Waals surface area contributed by atoms with E-state index < -0.39 is 20.0 Å². The van der Waals surface area contributed by atoms with Crippen LogP contribution in [-0.2, 0) is 25.1 Å². The summed E-state index contributed by atoms with van der Waals surface area (Å²) in [6.45, 7) is 3.51. The zero-order chi connectivity index (χ0) is 23.0. The zero-order valence-corrected chi connectivity index (χ0v) is 18.8. The van der Waals surface area contributed by atoms with Crippen LogP contribution in [0.1, 0.15) is 44.6 Å². The minimum atomic E-state index is -3.99. The van der Waals surface area contributed by atoms with E-state index in [9.17, 15) is 14.2 Å². The maximum atomic E-state index is 11.7. The number of alkyl carbamates (subject to hydrolysis) is 1. The first kappa shape index (κ1) is 26.9. The van der Waals surface area contributed by atoms with E-state index in [1.165, 1.54) is 0 Å². The monoisotopic (exact) mass is 461 g/mol. The minimum absolute atomic E-state index is 0.107. The van der Waals surface area contributed by atoms with Crippen LogP contribution in [-0.4, -0.2) is 43.8 Å². The molecule has 1 atom stereocenters. The van der Waals surface area contributed by atoms with Crippen LogP contribution in [0.25, 0.3) is 0 Å². The molecule has 31 heavy (non-hydrogen) atoms. The molecule has 0 saturated carbocycles. The van der Waals surface area contributed by atoms with Gasteiger partial charge in [0.15, 0.2) is 0 Å². The summed E-state index contributed by atoms with van der Waals surface area (Å²) in [6, 6.07) is 6.71. The molecule has 0 aliphatic rings. The Morgan fingerprint density at radius 2 is 1.61 bits per heavy atom. The number of phosphoric acid groups is 1. The van der Waals surface area contributed by atoms with E-state index in [0.29, 0.717) is 25.4 Å². The van der Waals surface area contributed by atoms with Crippen LogP contribution in [0.15, 0.2) is 24.3 Å². The van der Waals surface area contributed by atoms with E-state index in [1.54, 1.807) is 24.3 Å². The smallest absolute Gasteiger partial charge is 0.445 e. The average molecular weight is 461 g/mol. The van der Waals surface area contributed by atoms with Gasteiger partial charge in [-0.2, -0.15) is 10.1 Å². The fraction of sp³-hybridized carbons (Fsp3) is 0.579. The normalized spacial score (nSPS) is 12.6. The minimum Gasteiger partial charge on any atom is -0.445 e. The second-order valence-corrected chi connectivity index (χ2v) is 8.00. The van der Waals surface area contributed by atoms with Crippen molar-refractivity contribution in [3.63, 3.8) is 0 Å². The van der Waals surface area contributed by atoms with Crippen molar-refractivity contribution in [2.45, 2.75) is 45.6 Å². The van der Waals surface area contributed by atoms with Gasteiger partial charge in [0, 0.05) is 26.7 Å². The highest BCUT2D eigenvalue weighted by Gasteiger charge is 2.17. The van der Waals surface area contributed by atoms with E-state index in [0.717, 1.165) is 44.8 Å². The number of hydrogen-bond donors (Lipinski definition) is 4. The molecule has 0 bridgehead atoms. The van der Waals surface area contributed by atoms with Crippen LogP contribution in [0.3, 0.4) is 0 Å². The maximum absolute atomic E-state index is 11.7. The van der Waals surface area contributed by atoms with Crippen LogP contribution in [0.5, 0.6) is 5.75 Å². The fourth-order valence-electron chi connectivity index (χ4n) is 2.25. The molecule has 176 valence electrons. The standard InChI is InChI=1S/C19H32N3O8P/c1-3-12-20-19(24)29-17-10-8-16(9-11-17)15-28-18(23)21-13-6-4-5-7-14-22-30-31(25,26)27-2/h8-11,22H,3-7,12-15H2,1-2H3,(H,20,24)(H,21,23)(H,25,26). The van der Waals surface area contributed by atoms with Gasteiger partial charge in [-0.3, -0.25) is 4.52 Å². The number of carbonyl (C=O) groups is 2. The summed E-state index contributed by atoms with van der Waals surface area (Å²) < 4.78 is 30.0. The molecule has 1 aromatic carbocycles. The number of benzene rings is 1. The topological polar surface area (TPSA) is 144 Å². The summed E-state index contributed by atoms with van der Waals surface area (Å²) in [4.78, 5) is 32.2. The average Bonchev–Trinajstić information content (AvgIpc) is 2.76. The molecule has 0 spiro atoms. The Hall–Kier alpha value is -2.17. The van der Waals surface area contributed by atoms with Gasteiger partial charge in [0.25, 0.3) is 0 Å². The van der Waals surface area contributed by atoms with Gasteiger partial charge in [0.1, 0.15) is 12.4 Å². The maximum Gasteiger partial charge on any atom is 0.488 e. The number of hydroxylamine groups is 1. The van der Waals surface area contributed by atoms with Gasteiger partial charge in [-0.05, 0) is 37.0 Å². The summed E-state index contributed by atoms with van der Waals surface area (Å²) in [5.41, 5.74) is 3.15. The van der Waals surface area contributed by atoms with Gasteiger partial charge in [0.05, 0.1) is 0 Å². The number of amides is 2. The molecule has 4 N–H and O–H groups in total. The Kier molecular flexibility index (Phi) is 13.5. The molecule has 0 aliphatic heterocycles. The lowest BCUT2D eigenvalue weighted by atomic mass is 10.2. The van der Waals surface area contributed by atoms with E-state index in [4.69, 9.17) is 14.4 Å². The molecular formula is C19H32N3O8P. The molecule has 0 heterocycles. The fourth-order valence-corrected chi connectivity index (χ4v) is 2.58. The highest BCUT2D eigenvalue weighted by atomic mass is 31.2. The molecule has 0 fully saturated rings. The van der Waals surface area contributed by atoms with Crippen LogP contribution in [0.2, 0.25) is 0 Å². The first-order chi connectivity index (χ1) is 14.9. The van der Waals surface area contributed by atoms with E-state index >= 15 is 0 Å². The van der Waals surface area contributed by atoms with Crippen LogP contribution >= 0.6 is 7.82 Å². The Bertz CT molecular complexity index is 702. The molecule has 0 aromatic heterocycles. The van der Waals surface area contributed by atoms with Crippen molar-refractivity contribution in [2.24, 2.45) is 0 Å². The van der Waals surface area contributed by atoms with Gasteiger partial charge < -0.3 is 25.0 Å². The Balaban J connectivity index is 2.06. The molecule has 0 aliphatic carbocycles. The van der Waals surface area contributed by atoms with Gasteiger partial charge >= 0.3 is 20.0 Å². The number of hydrogen-bond acceptors (Lipinski definition) is 8. The second-order valence-electron chi connectivity index (χ2n) is 6.51. The number of rotatable bonds is 15. The summed E-state index contributed by atoms with van der Waals surface area (Å²) in [5.74, 6) is 0.410. The molecule has 11 nitrogen and oxygen atoms in total. The van der Waals surface area contributed by atoms with Gasteiger partial charge in [-0.25, -0.2) is 14.2 Å². The van der Waals surface area contributed by atoms with Gasteiger partial charge in [-0.1, -0.05) is 31.9 Å². The molecule has 0 radical (unpaired) electrons. The first-order valence-corrected chi connectivity index (χ1v) is 11.6. The van der Waals surface area contributed by atoms with Crippen molar-refractivity contribution in [3.05, 3.63) is 29.8 Å². The summed E-state index contributed by atoms with van der Waals surface area (Å²) in [5, 5.41) is 5.29. The Labute approximate surface area is 182 Å². The van der Waals surface area contributed by atoms with Crippen molar-refractivity contribution < 1.29 is 37.7 Å². The number of carbonyl (C=O) groups excluding carboxylic acids is 2. The molecule has 2 amide bonds. The molecule has 1 unspecified atom stereocenters. The number of nitrogens with one attached hydrogen (secondary N) is 3. The first-order valence-electron chi connectivity index (χ1n) is 10.1. The molecule has 12 heteroatoms. The lowest BCUT2D eigenvalue weighted by Gasteiger charge is -2.09. The number of ether oxygens (including phenoxy) is 2. The van der Waals surface area contributed by atoms with Gasteiger partial charge in [-0.15, -0.1) is 0 Å². The Morgan fingerprint density at radius 3 is 2.26 bits per heavy atom. The summed E-state index contributed by atoms with van der Waals surface area (Å²) in [6.07, 6.45) is 3.07. The summed E-state index contributed by atoms with van der Waals surface area (Å²) >= 11 is 0. The highest BCUT2D eigenvalue weighted by molar-refractivity contribution is 7.47. The third-order valence-electron chi connectivity index (χ3n) is 3.91. The van der Waals surface area contributed by atoms with Crippen molar-refractivity contribution >= 4 is 20.0 Å². The van der Waals surface area contributed by atoms with Crippen molar-refractivity contribution in [1.29, 1.82) is 0 Å². The lowest BCUT2D eigenvalue weighted by Crippen LogP contribution is -2.27. The van der Waals surface area contributed by atoms with Crippen molar-refractivity contribution in [1.82, 2.24) is 16.1 Å². The summed E-state index contributed by atoms with van der Waals surface area (Å²) in [7, 11) is -2.90. The van der Waals surface area contributed by atoms with Crippen molar-refractivity contribution in [2.75, 3.05) is 26.7 Å². The Morgan fingerprint density at radius 1 is 0.968 bits per heavy atom. The van der Waals surface area contributed by atoms with Crippen LogP contribution < -0.4 is 20.9 Å². The third-order valence-corrected chi connectivity index (χ3v) is 4.73. The number of unbranched alkanes of at least 4 members (excludes halogenated alkanes) is 3. The molecular weight excluding hydrogens is 429 g/mol. The van der Waals surface area contributed by atoms with E-state index in [2.05, 4.69) is 25.3 Å². The predicted octanol–water partition coefficient (Wildman–Crippen LogP) is 3.24.